The molecule has 0 radical (unpaired) electrons. The lowest BCUT2D eigenvalue weighted by Gasteiger charge is -2.11. The van der Waals surface area contributed by atoms with Crippen molar-refractivity contribution in [1.82, 2.24) is 9.36 Å². The maximum Gasteiger partial charge on any atom is 0.296 e. The van der Waals surface area contributed by atoms with Crippen LogP contribution in [0.1, 0.15) is 37.4 Å². The van der Waals surface area contributed by atoms with Crippen molar-refractivity contribution in [2.24, 2.45) is 7.05 Å². The number of hydrogen-bond acceptors (Lipinski definition) is 3. The van der Waals surface area contributed by atoms with Gasteiger partial charge < -0.3 is 0 Å². The van der Waals surface area contributed by atoms with Gasteiger partial charge in [-0.25, -0.2) is 13.1 Å². The summed E-state index contributed by atoms with van der Waals surface area (Å²) < 4.78 is 31.3. The number of anilines is 1. The van der Waals surface area contributed by atoms with Crippen molar-refractivity contribution in [3.63, 3.8) is 0 Å². The van der Waals surface area contributed by atoms with Crippen molar-refractivity contribution in [1.29, 1.82) is 0 Å². The molecule has 0 amide bonds. The van der Waals surface area contributed by atoms with Crippen molar-refractivity contribution in [2.45, 2.75) is 38.0 Å². The second-order valence-corrected chi connectivity index (χ2v) is 8.60. The van der Waals surface area contributed by atoms with Crippen LogP contribution in [-0.2, 0) is 17.1 Å². The van der Waals surface area contributed by atoms with Crippen molar-refractivity contribution in [2.75, 3.05) is 4.72 Å². The van der Waals surface area contributed by atoms with Crippen LogP contribution in [0.2, 0.25) is 0 Å². The summed E-state index contributed by atoms with van der Waals surface area (Å²) in [5, 5.41) is 0. The maximum absolute atomic E-state index is 12.9. The van der Waals surface area contributed by atoms with Gasteiger partial charge in [0.2, 0.25) is 0 Å². The minimum Gasteiger partial charge on any atom is -0.283 e. The molecule has 1 aromatic heterocycles. The lowest BCUT2D eigenvalue weighted by atomic mass is 9.99. The fraction of sp³-hybridized carbons (Fsp3) is 0.286. The van der Waals surface area contributed by atoms with Crippen molar-refractivity contribution in [3.8, 4) is 5.69 Å². The van der Waals surface area contributed by atoms with Gasteiger partial charge >= 0.3 is 0 Å². The molecule has 1 N–H and O–H groups in total. The Morgan fingerprint density at radius 1 is 1.04 bits per heavy atom. The van der Waals surface area contributed by atoms with Crippen LogP contribution in [0.3, 0.4) is 0 Å². The standard InChI is InChI=1S/C21H25N3O3S/c1-5-15(2)17-11-13-19(14-12-17)28(26,27)22-20-16(3)23(4)24(21(20)25)18-9-7-6-8-10-18/h6-15,22H,5H2,1-4H3. The highest BCUT2D eigenvalue weighted by molar-refractivity contribution is 7.92. The van der Waals surface area contributed by atoms with Crippen molar-refractivity contribution < 1.29 is 8.42 Å². The number of nitrogens with one attached hydrogen (secondary N) is 1. The van der Waals surface area contributed by atoms with E-state index in [-0.39, 0.29) is 10.6 Å². The lowest BCUT2D eigenvalue weighted by molar-refractivity contribution is 0.601. The first-order valence-corrected chi connectivity index (χ1v) is 10.7. The van der Waals surface area contributed by atoms with Gasteiger partial charge in [0.05, 0.1) is 16.3 Å². The van der Waals surface area contributed by atoms with E-state index >= 15 is 0 Å². The number of sulfonamides is 1. The number of para-hydroxylation sites is 1. The van der Waals surface area contributed by atoms with Crippen LogP contribution in [0.5, 0.6) is 0 Å². The molecule has 0 aliphatic rings. The predicted molar refractivity (Wildman–Crippen MR) is 112 cm³/mol. The zero-order chi connectivity index (χ0) is 20.5. The SMILES string of the molecule is CCC(C)c1ccc(S(=O)(=O)Nc2c(C)n(C)n(-c3ccccc3)c2=O)cc1. The first-order chi connectivity index (χ1) is 13.3. The molecule has 7 heteroatoms. The summed E-state index contributed by atoms with van der Waals surface area (Å²) in [4.78, 5) is 13.1. The predicted octanol–water partition coefficient (Wildman–Crippen LogP) is 3.80. The Labute approximate surface area is 165 Å². The molecule has 1 unspecified atom stereocenters. The fourth-order valence-corrected chi connectivity index (χ4v) is 4.21. The molecular weight excluding hydrogens is 374 g/mol. The largest absolute Gasteiger partial charge is 0.296 e. The summed E-state index contributed by atoms with van der Waals surface area (Å²) in [5.41, 5.74) is 1.93. The monoisotopic (exact) mass is 399 g/mol. The van der Waals surface area contributed by atoms with Crippen LogP contribution in [0.25, 0.3) is 5.69 Å². The molecule has 3 rings (SSSR count). The molecule has 28 heavy (non-hydrogen) atoms. The fourth-order valence-electron chi connectivity index (χ4n) is 3.09. The molecule has 1 atom stereocenters. The third-order valence-corrected chi connectivity index (χ3v) is 6.53. The highest BCUT2D eigenvalue weighted by Gasteiger charge is 2.22. The molecule has 0 aliphatic carbocycles. The topological polar surface area (TPSA) is 73.1 Å². The van der Waals surface area contributed by atoms with E-state index in [1.807, 2.05) is 30.3 Å². The van der Waals surface area contributed by atoms with E-state index in [0.717, 1.165) is 12.0 Å². The molecule has 6 nitrogen and oxygen atoms in total. The van der Waals surface area contributed by atoms with Crippen LogP contribution in [0.15, 0.2) is 64.3 Å². The average molecular weight is 400 g/mol. The molecule has 2 aromatic carbocycles. The van der Waals surface area contributed by atoms with Crippen molar-refractivity contribution >= 4 is 15.7 Å². The van der Waals surface area contributed by atoms with E-state index in [9.17, 15) is 13.2 Å². The first-order valence-electron chi connectivity index (χ1n) is 9.23. The summed E-state index contributed by atoms with van der Waals surface area (Å²) in [6, 6.07) is 15.9. The summed E-state index contributed by atoms with van der Waals surface area (Å²) in [6.45, 7) is 5.90. The van der Waals surface area contributed by atoms with E-state index < -0.39 is 15.6 Å². The Balaban J connectivity index is 1.98. The zero-order valence-electron chi connectivity index (χ0n) is 16.5. The third-order valence-electron chi connectivity index (χ3n) is 5.16. The summed E-state index contributed by atoms with van der Waals surface area (Å²) in [6.07, 6.45) is 0.979. The second-order valence-electron chi connectivity index (χ2n) is 6.92. The Morgan fingerprint density at radius 3 is 2.21 bits per heavy atom. The second kappa shape index (κ2) is 7.67. The molecule has 0 fully saturated rings. The number of benzene rings is 2. The number of rotatable bonds is 6. The van der Waals surface area contributed by atoms with Gasteiger partial charge in [0.25, 0.3) is 15.6 Å². The smallest absolute Gasteiger partial charge is 0.283 e. The van der Waals surface area contributed by atoms with Gasteiger partial charge in [0, 0.05) is 7.05 Å². The summed E-state index contributed by atoms with van der Waals surface area (Å²) in [5.74, 6) is 0.360. The minimum absolute atomic E-state index is 0.0531. The lowest BCUT2D eigenvalue weighted by Crippen LogP contribution is -2.23. The Bertz CT molecular complexity index is 1130. The first kappa shape index (κ1) is 19.9. The highest BCUT2D eigenvalue weighted by atomic mass is 32.2. The number of hydrogen-bond donors (Lipinski definition) is 1. The average Bonchev–Trinajstić information content (AvgIpc) is 2.91. The van der Waals surface area contributed by atoms with E-state index in [2.05, 4.69) is 18.6 Å². The van der Waals surface area contributed by atoms with Crippen molar-refractivity contribution in [3.05, 3.63) is 76.2 Å². The van der Waals surface area contributed by atoms with Gasteiger partial charge in [-0.2, -0.15) is 0 Å². The Morgan fingerprint density at radius 2 is 1.64 bits per heavy atom. The van der Waals surface area contributed by atoms with Gasteiger partial charge in [-0.15, -0.1) is 0 Å². The normalized spacial score (nSPS) is 12.7. The molecule has 0 saturated carbocycles. The molecule has 1 heterocycles. The van der Waals surface area contributed by atoms with Gasteiger partial charge in [0.15, 0.2) is 0 Å². The van der Waals surface area contributed by atoms with E-state index in [1.54, 1.807) is 42.9 Å². The molecule has 0 spiro atoms. The van der Waals surface area contributed by atoms with E-state index in [0.29, 0.717) is 17.3 Å². The minimum atomic E-state index is -3.87. The number of aromatic nitrogens is 2. The van der Waals surface area contributed by atoms with Gasteiger partial charge in [0.1, 0.15) is 5.69 Å². The Kier molecular flexibility index (Phi) is 5.47. The van der Waals surface area contributed by atoms with Gasteiger partial charge in [-0.3, -0.25) is 14.2 Å². The van der Waals surface area contributed by atoms with Gasteiger partial charge in [-0.05, 0) is 49.1 Å². The zero-order valence-corrected chi connectivity index (χ0v) is 17.3. The maximum atomic E-state index is 12.9. The highest BCUT2D eigenvalue weighted by Crippen LogP contribution is 2.22. The van der Waals surface area contributed by atoms with Crippen LogP contribution in [0, 0.1) is 6.92 Å². The van der Waals surface area contributed by atoms with E-state index in [4.69, 9.17) is 0 Å². The Hall–Kier alpha value is -2.80. The van der Waals surface area contributed by atoms with Crippen LogP contribution < -0.4 is 10.3 Å². The molecule has 0 bridgehead atoms. The van der Waals surface area contributed by atoms with Crippen LogP contribution in [0.4, 0.5) is 5.69 Å². The van der Waals surface area contributed by atoms with Gasteiger partial charge in [-0.1, -0.05) is 44.2 Å². The van der Waals surface area contributed by atoms with Crippen LogP contribution in [-0.4, -0.2) is 17.8 Å². The quantitative estimate of drug-likeness (QED) is 0.685. The molecule has 148 valence electrons. The molecule has 0 saturated heterocycles. The van der Waals surface area contributed by atoms with E-state index in [1.165, 1.54) is 4.68 Å². The molecule has 0 aliphatic heterocycles. The van der Waals surface area contributed by atoms with Crippen LogP contribution >= 0.6 is 0 Å². The third kappa shape index (κ3) is 3.62. The summed E-state index contributed by atoms with van der Waals surface area (Å²) >= 11 is 0. The molecule has 3 aromatic rings. The molecular formula is C21H25N3O3S. The number of nitrogens with zero attached hydrogens (tertiary/aromatic N) is 2. The summed E-state index contributed by atoms with van der Waals surface area (Å²) in [7, 11) is -2.15.